The second-order valence-electron chi connectivity index (χ2n) is 26.0. The number of carbonyl (C=O) groups excluding carboxylic acids is 14. The highest BCUT2D eigenvalue weighted by atomic mass is 16.8. The van der Waals surface area contributed by atoms with E-state index in [0.29, 0.717) is 17.5 Å². The number of aromatic amines is 1. The minimum Gasteiger partial charge on any atom is -0.508 e. The van der Waals surface area contributed by atoms with E-state index in [2.05, 4.69) is 73.6 Å². The SMILES string of the molecule is CC(C)[C@H](NC(=O)/C=N/O[C@H]1O[C@H](CO)[C@H](O)[C@H](O)[C@H]1O)C(=O)N[C@@H](CCC(=O)O)C(=O)N[C@@H](CCCCN)C(=O)N[C@@H](CC(N)=O)C(=O)N[C@@H](CC(=O)O)C(=O)N[C@@H](CCC(N)=O)C(=O)N[C@@H](CCCCN)C(=O)N[C@H](C(=O)N[C@@H](Cc1ccc(O)cc1)C(=O)N[C@@H](Cc1cnc[nH]1)C(=O)N[C@@H](C)C(N)=O)[C@@H](C)O. The van der Waals surface area contributed by atoms with E-state index >= 15 is 0 Å². The molecule has 1 fully saturated rings. The van der Waals surface area contributed by atoms with Crippen molar-refractivity contribution in [3.63, 3.8) is 0 Å². The van der Waals surface area contributed by atoms with E-state index in [1.807, 2.05) is 0 Å². The molecule has 17 atom stereocenters. The number of aromatic hydroxyl groups is 1. The third kappa shape index (κ3) is 32.4. The zero-order valence-corrected chi connectivity index (χ0v) is 60.7. The zero-order chi connectivity index (χ0) is 82.6. The van der Waals surface area contributed by atoms with Crippen molar-refractivity contribution in [1.29, 1.82) is 0 Å². The molecule has 1 saturated heterocycles. The molecule has 612 valence electrons. The number of aliphatic hydroxyl groups is 5. The lowest BCUT2D eigenvalue weighted by atomic mass is 9.99. The maximum atomic E-state index is 14.4. The first-order valence-electron chi connectivity index (χ1n) is 34.8. The smallest absolute Gasteiger partial charge is 0.305 e. The molecule has 14 amide bonds. The number of hydrogen-bond donors (Lipinski definition) is 25. The number of nitrogens with one attached hydrogen (secondary N) is 12. The lowest BCUT2D eigenvalue weighted by molar-refractivity contribution is -0.301. The molecule has 2 aromatic rings. The van der Waals surface area contributed by atoms with Gasteiger partial charge in [0, 0.05) is 37.6 Å². The van der Waals surface area contributed by atoms with Crippen LogP contribution in [0, 0.1) is 5.92 Å². The highest BCUT2D eigenvalue weighted by molar-refractivity contribution is 6.26. The fraction of sp³-hybridized carbons (Fsp3) is 0.600. The number of aromatic nitrogens is 2. The first-order valence-corrected chi connectivity index (χ1v) is 34.8. The standard InChI is InChI=1S/C65H101N19O26/c1-29(2)49(83-46(90)26-73-110-65-53(97)52(96)51(95)43(27-85)109-65)63(107)78-38(16-18-47(91)92)57(101)75-35(9-5-7-19-66)55(99)80-41(23-45(69)89)61(105)81-42(24-48(93)94)62(106)77-37(15-17-44(68)88)56(100)76-36(10-6-8-20-67)58(102)84-50(31(4)86)64(108)82-39(21-32-11-13-34(87)14-12-32)60(104)79-40(22-33-25-71-28-72-33)59(103)74-30(3)54(70)98/h11-14,25-26,28-31,35-43,49-53,65,85-87,95-97H,5-10,15-24,27,66-67H2,1-4H3,(H2,68,88)(H2,69,89)(H2,70,98)(H,71,72)(H,74,103)(H,75,101)(H,76,100)(H,77,106)(H,78,107)(H,79,104)(H,80,99)(H,81,105)(H,82,108)(H,83,90)(H,84,102)(H,91,92)(H,93,94)/b73-26+/t30-,31+,35-,36-,37-,38-,39-,40-,41-,42-,43+,49-,50-,51-,52-,53+,65+/m0/s1. The van der Waals surface area contributed by atoms with Crippen molar-refractivity contribution in [3.05, 3.63) is 48.0 Å². The van der Waals surface area contributed by atoms with Gasteiger partial charge in [-0.25, -0.2) is 4.98 Å². The minimum absolute atomic E-state index is 0.0354. The van der Waals surface area contributed by atoms with Gasteiger partial charge in [0.25, 0.3) is 12.2 Å². The highest BCUT2D eigenvalue weighted by Crippen LogP contribution is 2.22. The molecule has 0 unspecified atom stereocenters. The monoisotopic (exact) mass is 1560 g/mol. The topological polar surface area (TPSA) is 757 Å². The van der Waals surface area contributed by atoms with Crippen LogP contribution in [-0.4, -0.2) is 275 Å². The number of aliphatic carboxylic acids is 2. The number of primary amides is 3. The molecule has 0 spiro atoms. The summed E-state index contributed by atoms with van der Waals surface area (Å²) in [5, 5.41) is 109. The van der Waals surface area contributed by atoms with Crippen LogP contribution in [0.5, 0.6) is 5.75 Å². The van der Waals surface area contributed by atoms with E-state index < -0.39 is 249 Å². The number of carboxylic acid groups (broad SMARTS) is 2. The molecular weight excluding hydrogens is 1460 g/mol. The Balaban J connectivity index is 1.93. The van der Waals surface area contributed by atoms with Gasteiger partial charge in [-0.1, -0.05) is 31.1 Å². The van der Waals surface area contributed by atoms with Crippen LogP contribution in [0.2, 0.25) is 0 Å². The lowest BCUT2D eigenvalue weighted by Crippen LogP contribution is -2.62. The van der Waals surface area contributed by atoms with Crippen molar-refractivity contribution in [2.75, 3.05) is 19.7 Å². The van der Waals surface area contributed by atoms with Gasteiger partial charge in [0.05, 0.1) is 31.9 Å². The Morgan fingerprint density at radius 2 is 0.991 bits per heavy atom. The summed E-state index contributed by atoms with van der Waals surface area (Å²) in [4.78, 5) is 227. The second-order valence-corrected chi connectivity index (χ2v) is 26.0. The van der Waals surface area contributed by atoms with Gasteiger partial charge in [0.1, 0.15) is 103 Å². The Hall–Kier alpha value is -11.1. The summed E-state index contributed by atoms with van der Waals surface area (Å²) in [6.07, 6.45) is -13.3. The van der Waals surface area contributed by atoms with Crippen LogP contribution in [0.1, 0.15) is 116 Å². The highest BCUT2D eigenvalue weighted by Gasteiger charge is 2.46. The Bertz CT molecular complexity index is 3500. The van der Waals surface area contributed by atoms with Gasteiger partial charge < -0.3 is 143 Å². The minimum atomic E-state index is -2.25. The summed E-state index contributed by atoms with van der Waals surface area (Å²) in [5.41, 5.74) is 28.4. The van der Waals surface area contributed by atoms with Gasteiger partial charge >= 0.3 is 11.9 Å². The molecule has 0 bridgehead atoms. The molecule has 45 nitrogen and oxygen atoms in total. The summed E-state index contributed by atoms with van der Waals surface area (Å²) in [6, 6.07) is -14.1. The number of carbonyl (C=O) groups is 16. The molecule has 1 aromatic carbocycles. The van der Waals surface area contributed by atoms with Gasteiger partial charge in [-0.3, -0.25) is 76.7 Å². The quantitative estimate of drug-likeness (QED) is 0.0166. The van der Waals surface area contributed by atoms with Gasteiger partial charge in [-0.15, -0.1) is 0 Å². The summed E-state index contributed by atoms with van der Waals surface area (Å²) >= 11 is 0. The van der Waals surface area contributed by atoms with Crippen LogP contribution in [0.25, 0.3) is 0 Å². The Kier molecular flexibility index (Phi) is 39.8. The molecule has 1 aromatic heterocycles. The molecule has 30 N–H and O–H groups in total. The number of amides is 14. The molecule has 1 aliphatic heterocycles. The van der Waals surface area contributed by atoms with E-state index in [0.717, 1.165) is 6.92 Å². The fourth-order valence-corrected chi connectivity index (χ4v) is 10.5. The van der Waals surface area contributed by atoms with Crippen molar-refractivity contribution >= 4 is 101 Å². The average Bonchev–Trinajstić information content (AvgIpc) is 0.900. The number of rotatable bonds is 50. The van der Waals surface area contributed by atoms with Gasteiger partial charge in [-0.05, 0) is 102 Å². The van der Waals surface area contributed by atoms with Crippen LogP contribution in [0.3, 0.4) is 0 Å². The van der Waals surface area contributed by atoms with Crippen molar-refractivity contribution in [1.82, 2.24) is 68.5 Å². The van der Waals surface area contributed by atoms with Gasteiger partial charge in [0.2, 0.25) is 76.8 Å². The van der Waals surface area contributed by atoms with Crippen LogP contribution >= 0.6 is 0 Å². The number of hydrogen-bond acceptors (Lipinski definition) is 28. The van der Waals surface area contributed by atoms with Crippen molar-refractivity contribution in [2.45, 2.75) is 221 Å². The molecule has 0 aliphatic carbocycles. The Morgan fingerprint density at radius 3 is 1.46 bits per heavy atom. The average molecular weight is 1560 g/mol. The number of carboxylic acids is 2. The summed E-state index contributed by atoms with van der Waals surface area (Å²) in [7, 11) is 0. The predicted octanol–water partition coefficient (Wildman–Crippen LogP) is -10.7. The zero-order valence-electron chi connectivity index (χ0n) is 60.7. The molecule has 45 heteroatoms. The second kappa shape index (κ2) is 47.0. The largest absolute Gasteiger partial charge is 0.508 e. The summed E-state index contributed by atoms with van der Waals surface area (Å²) in [5.74, 6) is -20.7. The number of unbranched alkanes of at least 4 members (excludes halogenated alkanes) is 2. The molecule has 1 aliphatic rings. The number of nitrogens with two attached hydrogens (primary N) is 5. The number of phenolic OH excluding ortho intramolecular Hbond substituents is 1. The number of phenols is 1. The lowest BCUT2D eigenvalue weighted by Gasteiger charge is -2.38. The van der Waals surface area contributed by atoms with Crippen molar-refractivity contribution < 1.29 is 127 Å². The summed E-state index contributed by atoms with van der Waals surface area (Å²) < 4.78 is 5.14. The van der Waals surface area contributed by atoms with Crippen LogP contribution in [0.4, 0.5) is 0 Å². The van der Waals surface area contributed by atoms with Crippen molar-refractivity contribution in [3.8, 4) is 5.75 Å². The number of aliphatic hydroxyl groups excluding tert-OH is 5. The van der Waals surface area contributed by atoms with E-state index in [4.69, 9.17) is 38.2 Å². The molecule has 3 rings (SSSR count). The molecule has 0 radical (unpaired) electrons. The van der Waals surface area contributed by atoms with E-state index in [1.165, 1.54) is 57.6 Å². The number of imidazole rings is 1. The van der Waals surface area contributed by atoms with Crippen molar-refractivity contribution in [2.24, 2.45) is 39.7 Å². The van der Waals surface area contributed by atoms with E-state index in [-0.39, 0.29) is 70.2 Å². The number of H-pyrrole nitrogens is 1. The summed E-state index contributed by atoms with van der Waals surface area (Å²) in [6.45, 7) is 4.53. The molecule has 0 saturated carbocycles. The fourth-order valence-electron chi connectivity index (χ4n) is 10.5. The number of oxime groups is 1. The van der Waals surface area contributed by atoms with Crippen LogP contribution in [-0.2, 0) is 99.1 Å². The Morgan fingerprint density at radius 1 is 0.536 bits per heavy atom. The van der Waals surface area contributed by atoms with Crippen LogP contribution < -0.4 is 87.2 Å². The first kappa shape index (κ1) is 93.1. The molecular formula is C65H101N19O26. The third-order valence-electron chi connectivity index (χ3n) is 16.7. The van der Waals surface area contributed by atoms with E-state index in [1.54, 1.807) is 0 Å². The van der Waals surface area contributed by atoms with Gasteiger partial charge in [0.15, 0.2) is 0 Å². The normalized spacial score (nSPS) is 18.7. The van der Waals surface area contributed by atoms with Crippen LogP contribution in [0.15, 0.2) is 41.9 Å². The van der Waals surface area contributed by atoms with Gasteiger partial charge in [-0.2, -0.15) is 0 Å². The Labute approximate surface area is 628 Å². The maximum absolute atomic E-state index is 14.4. The first-order chi connectivity index (χ1) is 51.8. The number of benzene rings is 1. The number of ether oxygens (including phenoxy) is 1. The molecule has 2 heterocycles. The number of nitrogens with zero attached hydrogens (tertiary/aromatic N) is 2. The van der Waals surface area contributed by atoms with E-state index in [9.17, 15) is 118 Å². The predicted molar refractivity (Wildman–Crippen MR) is 377 cm³/mol. The maximum Gasteiger partial charge on any atom is 0.305 e. The molecule has 110 heavy (non-hydrogen) atoms. The third-order valence-corrected chi connectivity index (χ3v) is 16.7.